The van der Waals surface area contributed by atoms with Crippen molar-refractivity contribution in [1.82, 2.24) is 4.90 Å². The van der Waals surface area contributed by atoms with Gasteiger partial charge in [0, 0.05) is 11.2 Å². The average molecular weight is 336 g/mol. The first-order chi connectivity index (χ1) is 10.6. The van der Waals surface area contributed by atoms with Gasteiger partial charge < -0.3 is 0 Å². The molecule has 0 amide bonds. The van der Waals surface area contributed by atoms with Gasteiger partial charge in [-0.1, -0.05) is 49.0 Å². The summed E-state index contributed by atoms with van der Waals surface area (Å²) in [5, 5.41) is 2.89. The molecule has 0 heterocycles. The Morgan fingerprint density at radius 2 is 2.18 bits per heavy atom. The van der Waals surface area contributed by atoms with Crippen molar-refractivity contribution in [2.75, 3.05) is 14.1 Å². The second-order valence-electron chi connectivity index (χ2n) is 4.81. The van der Waals surface area contributed by atoms with E-state index in [4.69, 9.17) is 11.6 Å². The SMILES string of the molecule is C=C/N=C\N=C/S/C=C(\CC)C(c1cccc(Cl)c1)N(C)C. The smallest absolute Gasteiger partial charge is 0.115 e. The lowest BCUT2D eigenvalue weighted by Gasteiger charge is -2.27. The van der Waals surface area contributed by atoms with E-state index in [0.717, 1.165) is 11.4 Å². The molecule has 1 unspecified atom stereocenters. The topological polar surface area (TPSA) is 28.0 Å². The average Bonchev–Trinajstić information content (AvgIpc) is 2.49. The Bertz CT molecular complexity index is 565. The van der Waals surface area contributed by atoms with Crippen molar-refractivity contribution in [2.45, 2.75) is 19.4 Å². The summed E-state index contributed by atoms with van der Waals surface area (Å²) in [6, 6.07) is 8.21. The van der Waals surface area contributed by atoms with Crippen LogP contribution < -0.4 is 0 Å². The van der Waals surface area contributed by atoms with E-state index in [0.29, 0.717) is 0 Å². The number of aliphatic imine (C=N–C) groups is 2. The Balaban J connectivity index is 2.93. The number of hydrogen-bond acceptors (Lipinski definition) is 3. The number of rotatable bonds is 8. The van der Waals surface area contributed by atoms with Gasteiger partial charge in [-0.2, -0.15) is 0 Å². The molecule has 0 N–H and O–H groups in total. The van der Waals surface area contributed by atoms with Gasteiger partial charge in [0.1, 0.15) is 6.34 Å². The maximum Gasteiger partial charge on any atom is 0.115 e. The van der Waals surface area contributed by atoms with Crippen LogP contribution in [0.4, 0.5) is 0 Å². The Morgan fingerprint density at radius 1 is 1.41 bits per heavy atom. The predicted molar refractivity (Wildman–Crippen MR) is 101 cm³/mol. The van der Waals surface area contributed by atoms with Crippen LogP contribution in [0.1, 0.15) is 24.9 Å². The third kappa shape index (κ3) is 6.18. The summed E-state index contributed by atoms with van der Waals surface area (Å²) < 4.78 is 0. The molecule has 0 spiro atoms. The van der Waals surface area contributed by atoms with Crippen molar-refractivity contribution in [2.24, 2.45) is 9.98 Å². The highest BCUT2D eigenvalue weighted by Crippen LogP contribution is 2.31. The van der Waals surface area contributed by atoms with Gasteiger partial charge in [0.05, 0.1) is 11.6 Å². The zero-order chi connectivity index (χ0) is 16.4. The largest absolute Gasteiger partial charge is 0.299 e. The highest BCUT2D eigenvalue weighted by molar-refractivity contribution is 8.14. The lowest BCUT2D eigenvalue weighted by molar-refractivity contribution is 0.333. The van der Waals surface area contributed by atoms with Gasteiger partial charge in [0.25, 0.3) is 0 Å². The molecule has 0 aliphatic heterocycles. The minimum atomic E-state index is 0.200. The Hall–Kier alpha value is -1.36. The summed E-state index contributed by atoms with van der Waals surface area (Å²) in [7, 11) is 4.15. The molecule has 22 heavy (non-hydrogen) atoms. The highest BCUT2D eigenvalue weighted by atomic mass is 35.5. The van der Waals surface area contributed by atoms with Crippen molar-refractivity contribution in [3.63, 3.8) is 0 Å². The van der Waals surface area contributed by atoms with E-state index in [1.807, 2.05) is 18.2 Å². The Labute approximate surface area is 142 Å². The second-order valence-corrected chi connectivity index (χ2v) is 5.96. The Morgan fingerprint density at radius 3 is 2.77 bits per heavy atom. The normalized spacial score (nSPS) is 14.1. The zero-order valence-electron chi connectivity index (χ0n) is 13.2. The summed E-state index contributed by atoms with van der Waals surface area (Å²) in [5.41, 5.74) is 4.26. The molecule has 0 aromatic heterocycles. The lowest BCUT2D eigenvalue weighted by atomic mass is 9.97. The van der Waals surface area contributed by atoms with Crippen LogP contribution in [0.5, 0.6) is 0 Å². The minimum absolute atomic E-state index is 0.200. The first-order valence-electron chi connectivity index (χ1n) is 7.00. The van der Waals surface area contributed by atoms with E-state index in [1.54, 1.807) is 17.3 Å². The van der Waals surface area contributed by atoms with Gasteiger partial charge in [-0.05, 0) is 49.2 Å². The fourth-order valence-electron chi connectivity index (χ4n) is 2.13. The fourth-order valence-corrected chi connectivity index (χ4v) is 2.98. The monoisotopic (exact) mass is 335 g/mol. The van der Waals surface area contributed by atoms with Crippen molar-refractivity contribution in [1.29, 1.82) is 0 Å². The first-order valence-corrected chi connectivity index (χ1v) is 8.32. The molecule has 1 atom stereocenters. The standard InChI is InChI=1S/C17H22ClN3S/c1-5-14(11-22-13-20-12-19-6-2)17(21(3)4)15-8-7-9-16(18)10-15/h6-13,17H,2,5H2,1,3-4H3/b14-11+,19-12-,20-13-. The number of halogens is 1. The first kappa shape index (κ1) is 18.7. The van der Waals surface area contributed by atoms with Gasteiger partial charge in [0.15, 0.2) is 0 Å². The quantitative estimate of drug-likeness (QED) is 0.484. The molecule has 5 heteroatoms. The number of nitrogens with zero attached hydrogens (tertiary/aromatic N) is 3. The molecule has 0 saturated carbocycles. The van der Waals surface area contributed by atoms with E-state index < -0.39 is 0 Å². The van der Waals surface area contributed by atoms with Crippen LogP contribution in [-0.2, 0) is 0 Å². The molecule has 3 nitrogen and oxygen atoms in total. The van der Waals surface area contributed by atoms with Crippen LogP contribution in [0.15, 0.2) is 58.0 Å². The molecule has 1 aromatic carbocycles. The van der Waals surface area contributed by atoms with Crippen molar-refractivity contribution in [3.05, 3.63) is 58.6 Å². The molecule has 1 aromatic rings. The van der Waals surface area contributed by atoms with Crippen molar-refractivity contribution in [3.8, 4) is 0 Å². The van der Waals surface area contributed by atoms with Gasteiger partial charge in [-0.25, -0.2) is 9.98 Å². The van der Waals surface area contributed by atoms with Crippen molar-refractivity contribution < 1.29 is 0 Å². The molecule has 0 aliphatic carbocycles. The number of thioether (sulfide) groups is 1. The summed E-state index contributed by atoms with van der Waals surface area (Å²) >= 11 is 7.67. The molecule has 0 fully saturated rings. The predicted octanol–water partition coefficient (Wildman–Crippen LogP) is 5.17. The van der Waals surface area contributed by atoms with E-state index in [-0.39, 0.29) is 6.04 Å². The van der Waals surface area contributed by atoms with Gasteiger partial charge >= 0.3 is 0 Å². The molecule has 0 radical (unpaired) electrons. The summed E-state index contributed by atoms with van der Waals surface area (Å²) in [6.07, 6.45) is 3.88. The molecular weight excluding hydrogens is 314 g/mol. The van der Waals surface area contributed by atoms with E-state index in [2.05, 4.69) is 54.0 Å². The third-order valence-corrected chi connectivity index (χ3v) is 3.94. The van der Waals surface area contributed by atoms with Gasteiger partial charge in [0.2, 0.25) is 0 Å². The van der Waals surface area contributed by atoms with Crippen LogP contribution in [0.25, 0.3) is 0 Å². The molecule has 0 aliphatic rings. The maximum atomic E-state index is 6.13. The van der Waals surface area contributed by atoms with Crippen LogP contribution in [-0.4, -0.2) is 30.9 Å². The third-order valence-electron chi connectivity index (χ3n) is 3.02. The summed E-state index contributed by atoms with van der Waals surface area (Å²) in [6.45, 7) is 5.65. The van der Waals surface area contributed by atoms with Crippen LogP contribution >= 0.6 is 23.4 Å². The maximum absolute atomic E-state index is 6.13. The Kier molecular flexibility index (Phi) is 8.82. The number of hydrogen-bond donors (Lipinski definition) is 0. The zero-order valence-corrected chi connectivity index (χ0v) is 14.8. The van der Waals surface area contributed by atoms with E-state index >= 15 is 0 Å². The lowest BCUT2D eigenvalue weighted by Crippen LogP contribution is -2.21. The molecule has 0 bridgehead atoms. The minimum Gasteiger partial charge on any atom is -0.299 e. The summed E-state index contributed by atoms with van der Waals surface area (Å²) in [4.78, 5) is 10.1. The summed E-state index contributed by atoms with van der Waals surface area (Å²) in [5.74, 6) is 0. The fraction of sp³-hybridized carbons (Fsp3) is 0.294. The van der Waals surface area contributed by atoms with Crippen molar-refractivity contribution >= 4 is 35.2 Å². The molecule has 1 rings (SSSR count). The van der Waals surface area contributed by atoms with Gasteiger partial charge in [-0.3, -0.25) is 4.90 Å². The second kappa shape index (κ2) is 10.4. The van der Waals surface area contributed by atoms with Crippen LogP contribution in [0.3, 0.4) is 0 Å². The number of likely N-dealkylation sites (N-methyl/N-ethyl adjacent to an activating group) is 1. The van der Waals surface area contributed by atoms with E-state index in [1.165, 1.54) is 23.7 Å². The molecule has 0 saturated heterocycles. The van der Waals surface area contributed by atoms with Crippen LogP contribution in [0.2, 0.25) is 5.02 Å². The van der Waals surface area contributed by atoms with Gasteiger partial charge in [-0.15, -0.1) is 0 Å². The van der Waals surface area contributed by atoms with E-state index in [9.17, 15) is 0 Å². The highest BCUT2D eigenvalue weighted by Gasteiger charge is 2.18. The number of benzene rings is 1. The van der Waals surface area contributed by atoms with Crippen LogP contribution in [0, 0.1) is 0 Å². The molecular formula is C17H22ClN3S. The molecule has 118 valence electrons.